The molecule has 1 aliphatic rings. The maximum atomic E-state index is 12.0. The van der Waals surface area contributed by atoms with Crippen molar-refractivity contribution < 1.29 is 4.79 Å². The smallest absolute Gasteiger partial charge is 0.251 e. The van der Waals surface area contributed by atoms with Crippen molar-refractivity contribution >= 4 is 37.8 Å². The van der Waals surface area contributed by atoms with E-state index in [1.807, 2.05) is 0 Å². The Morgan fingerprint density at radius 1 is 1.18 bits per heavy atom. The molecule has 0 unspecified atom stereocenters. The molecule has 1 amide bonds. The second-order valence-electron chi connectivity index (χ2n) is 4.31. The fraction of sp³-hybridized carbons (Fsp3) is 0.500. The molecule has 0 aliphatic heterocycles. The minimum atomic E-state index is -0.0132. The maximum absolute atomic E-state index is 12.0. The average Bonchev–Trinajstić information content (AvgIpc) is 2.29. The number of pyridine rings is 1. The summed E-state index contributed by atoms with van der Waals surface area (Å²) in [4.78, 5) is 16.2. The maximum Gasteiger partial charge on any atom is 0.251 e. The second kappa shape index (κ2) is 5.96. The van der Waals surface area contributed by atoms with Gasteiger partial charge in [-0.2, -0.15) is 0 Å². The van der Waals surface area contributed by atoms with E-state index in [2.05, 4.69) is 42.2 Å². The number of halogens is 2. The molecule has 92 valence electrons. The van der Waals surface area contributed by atoms with Gasteiger partial charge in [-0.25, -0.2) is 4.98 Å². The van der Waals surface area contributed by atoms with Crippen molar-refractivity contribution in [2.75, 3.05) is 0 Å². The Kier molecular flexibility index (Phi) is 4.56. The van der Waals surface area contributed by atoms with Crippen LogP contribution in [0, 0.1) is 0 Å². The van der Waals surface area contributed by atoms with E-state index >= 15 is 0 Å². The van der Waals surface area contributed by atoms with Gasteiger partial charge in [0, 0.05) is 11.6 Å². The van der Waals surface area contributed by atoms with Gasteiger partial charge in [0.1, 0.15) is 9.21 Å². The molecule has 1 aromatic rings. The van der Waals surface area contributed by atoms with E-state index in [-0.39, 0.29) is 5.91 Å². The van der Waals surface area contributed by atoms with Crippen molar-refractivity contribution in [3.63, 3.8) is 0 Å². The molecule has 1 fully saturated rings. The lowest BCUT2D eigenvalue weighted by atomic mass is 9.95. The van der Waals surface area contributed by atoms with Crippen molar-refractivity contribution in [3.8, 4) is 0 Å². The zero-order valence-corrected chi connectivity index (χ0v) is 12.6. The summed E-state index contributed by atoms with van der Waals surface area (Å²) in [6, 6.07) is 3.81. The van der Waals surface area contributed by atoms with E-state index in [0.717, 1.165) is 12.8 Å². The van der Waals surface area contributed by atoms with Gasteiger partial charge >= 0.3 is 0 Å². The molecule has 1 saturated carbocycles. The second-order valence-corrected chi connectivity index (χ2v) is 5.93. The number of hydrogen-bond acceptors (Lipinski definition) is 2. The molecule has 0 bridgehead atoms. The minimum Gasteiger partial charge on any atom is -0.349 e. The predicted molar refractivity (Wildman–Crippen MR) is 74.0 cm³/mol. The lowest BCUT2D eigenvalue weighted by Crippen LogP contribution is -2.36. The summed E-state index contributed by atoms with van der Waals surface area (Å²) in [6.45, 7) is 0. The van der Waals surface area contributed by atoms with Crippen LogP contribution in [0.1, 0.15) is 42.5 Å². The molecule has 0 radical (unpaired) electrons. The molecule has 1 N–H and O–H groups in total. The van der Waals surface area contributed by atoms with Crippen LogP contribution < -0.4 is 5.32 Å². The summed E-state index contributed by atoms with van der Waals surface area (Å²) >= 11 is 6.57. The van der Waals surface area contributed by atoms with Crippen molar-refractivity contribution in [1.29, 1.82) is 0 Å². The summed E-state index contributed by atoms with van der Waals surface area (Å²) in [5.41, 5.74) is 0.643. The molecule has 0 saturated heterocycles. The van der Waals surface area contributed by atoms with Gasteiger partial charge in [0.2, 0.25) is 0 Å². The molecule has 5 heteroatoms. The van der Waals surface area contributed by atoms with Crippen molar-refractivity contribution in [2.24, 2.45) is 0 Å². The molecule has 3 nitrogen and oxygen atoms in total. The van der Waals surface area contributed by atoms with E-state index in [1.54, 1.807) is 12.1 Å². The van der Waals surface area contributed by atoms with E-state index in [1.165, 1.54) is 19.3 Å². The largest absolute Gasteiger partial charge is 0.349 e. The molecule has 1 heterocycles. The fourth-order valence-corrected chi connectivity index (χ4v) is 3.22. The van der Waals surface area contributed by atoms with Crippen molar-refractivity contribution in [1.82, 2.24) is 10.3 Å². The molecule has 1 aromatic heterocycles. The molecule has 0 spiro atoms. The highest BCUT2D eigenvalue weighted by molar-refractivity contribution is 9.11. The van der Waals surface area contributed by atoms with Crippen LogP contribution in [0.5, 0.6) is 0 Å². The highest BCUT2D eigenvalue weighted by Crippen LogP contribution is 2.19. The molecule has 1 aliphatic carbocycles. The summed E-state index contributed by atoms with van der Waals surface area (Å²) in [5.74, 6) is -0.0132. The zero-order chi connectivity index (χ0) is 12.3. The number of aromatic nitrogens is 1. The number of carbonyl (C=O) groups excluding carboxylic acids is 1. The summed E-state index contributed by atoms with van der Waals surface area (Å²) in [7, 11) is 0. The first-order valence-corrected chi connectivity index (χ1v) is 7.38. The van der Waals surface area contributed by atoms with Gasteiger partial charge in [-0.05, 0) is 56.8 Å². The third kappa shape index (κ3) is 3.78. The van der Waals surface area contributed by atoms with E-state index < -0.39 is 0 Å². The first kappa shape index (κ1) is 13.0. The first-order chi connectivity index (χ1) is 8.15. The molecule has 2 rings (SSSR count). The van der Waals surface area contributed by atoms with Crippen LogP contribution >= 0.6 is 31.9 Å². The van der Waals surface area contributed by atoms with Crippen molar-refractivity contribution in [2.45, 2.75) is 38.1 Å². The third-order valence-electron chi connectivity index (χ3n) is 2.97. The standard InChI is InChI=1S/C12H14Br2N2O/c13-10-6-8(7-11(14)16-10)12(17)15-9-4-2-1-3-5-9/h6-7,9H,1-5H2,(H,15,17). The van der Waals surface area contributed by atoms with E-state index in [0.29, 0.717) is 20.8 Å². The van der Waals surface area contributed by atoms with Crippen molar-refractivity contribution in [3.05, 3.63) is 26.9 Å². The molecular formula is C12H14Br2N2O. The Morgan fingerprint density at radius 3 is 2.35 bits per heavy atom. The Hall–Kier alpha value is -0.420. The zero-order valence-electron chi connectivity index (χ0n) is 9.38. The monoisotopic (exact) mass is 360 g/mol. The lowest BCUT2D eigenvalue weighted by molar-refractivity contribution is 0.0927. The first-order valence-electron chi connectivity index (χ1n) is 5.79. The predicted octanol–water partition coefficient (Wildman–Crippen LogP) is 3.67. The van der Waals surface area contributed by atoms with Gasteiger partial charge in [-0.15, -0.1) is 0 Å². The highest BCUT2D eigenvalue weighted by atomic mass is 79.9. The minimum absolute atomic E-state index is 0.0132. The Bertz CT molecular complexity index is 397. The highest BCUT2D eigenvalue weighted by Gasteiger charge is 2.17. The molecule has 0 atom stereocenters. The Labute approximate surface area is 118 Å². The SMILES string of the molecule is O=C(NC1CCCCC1)c1cc(Br)nc(Br)c1. The number of nitrogens with zero attached hydrogens (tertiary/aromatic N) is 1. The van der Waals surface area contributed by atoms with Crippen LogP contribution in [-0.4, -0.2) is 16.9 Å². The topological polar surface area (TPSA) is 42.0 Å². The number of rotatable bonds is 2. The van der Waals surface area contributed by atoms with Gasteiger partial charge in [-0.1, -0.05) is 19.3 Å². The third-order valence-corrected chi connectivity index (χ3v) is 3.78. The van der Waals surface area contributed by atoms with Crippen LogP contribution in [0.4, 0.5) is 0 Å². The number of nitrogens with one attached hydrogen (secondary N) is 1. The van der Waals surface area contributed by atoms with Crippen LogP contribution in [0.3, 0.4) is 0 Å². The van der Waals surface area contributed by atoms with E-state index in [9.17, 15) is 4.79 Å². The normalized spacial score (nSPS) is 16.8. The van der Waals surface area contributed by atoms with Gasteiger partial charge < -0.3 is 5.32 Å². The Morgan fingerprint density at radius 2 is 1.76 bits per heavy atom. The Balaban J connectivity index is 2.03. The quantitative estimate of drug-likeness (QED) is 0.816. The van der Waals surface area contributed by atoms with Crippen LogP contribution in [0.25, 0.3) is 0 Å². The van der Waals surface area contributed by atoms with Gasteiger partial charge in [0.15, 0.2) is 0 Å². The molecule has 17 heavy (non-hydrogen) atoms. The van der Waals surface area contributed by atoms with Crippen LogP contribution in [0.15, 0.2) is 21.3 Å². The molecular weight excluding hydrogens is 348 g/mol. The van der Waals surface area contributed by atoms with Gasteiger partial charge in [-0.3, -0.25) is 4.79 Å². The number of amides is 1. The number of hydrogen-bond donors (Lipinski definition) is 1. The van der Waals surface area contributed by atoms with E-state index in [4.69, 9.17) is 0 Å². The van der Waals surface area contributed by atoms with Gasteiger partial charge in [0.05, 0.1) is 0 Å². The average molecular weight is 362 g/mol. The van der Waals surface area contributed by atoms with Gasteiger partial charge in [0.25, 0.3) is 5.91 Å². The van der Waals surface area contributed by atoms with Crippen LogP contribution in [-0.2, 0) is 0 Å². The number of carbonyl (C=O) groups is 1. The summed E-state index contributed by atoms with van der Waals surface area (Å²) in [5, 5.41) is 3.08. The molecule has 0 aromatic carbocycles. The summed E-state index contributed by atoms with van der Waals surface area (Å²) in [6.07, 6.45) is 5.92. The summed E-state index contributed by atoms with van der Waals surface area (Å²) < 4.78 is 1.33. The van der Waals surface area contributed by atoms with Crippen LogP contribution in [0.2, 0.25) is 0 Å². The fourth-order valence-electron chi connectivity index (χ4n) is 2.11. The lowest BCUT2D eigenvalue weighted by Gasteiger charge is -2.22.